The van der Waals surface area contributed by atoms with E-state index in [0.29, 0.717) is 22.9 Å². The lowest BCUT2D eigenvalue weighted by molar-refractivity contribution is -0.114. The van der Waals surface area contributed by atoms with Crippen LogP contribution in [-0.4, -0.2) is 16.8 Å². The highest BCUT2D eigenvalue weighted by Gasteiger charge is 2.10. The molecule has 2 rings (SSSR count). The van der Waals surface area contributed by atoms with Gasteiger partial charge in [-0.25, -0.2) is 4.98 Å². The monoisotopic (exact) mass is 285 g/mol. The van der Waals surface area contributed by atoms with Crippen LogP contribution in [0.15, 0.2) is 36.5 Å². The average molecular weight is 285 g/mol. The molecule has 0 aliphatic rings. The SMILES string of the molecule is CC(=O)Nc1cccc(Nc2ncc(N)cc2C(N)=O)c1. The number of carbonyl (C=O) groups excluding carboxylic acids is 2. The number of amides is 2. The predicted octanol–water partition coefficient (Wildman–Crippen LogP) is 1.46. The maximum absolute atomic E-state index is 11.4. The van der Waals surface area contributed by atoms with Gasteiger partial charge in [0.1, 0.15) is 5.82 Å². The molecule has 1 aromatic carbocycles. The van der Waals surface area contributed by atoms with Crippen molar-refractivity contribution in [2.24, 2.45) is 5.73 Å². The van der Waals surface area contributed by atoms with E-state index < -0.39 is 5.91 Å². The second kappa shape index (κ2) is 5.91. The van der Waals surface area contributed by atoms with Crippen molar-refractivity contribution >= 4 is 34.7 Å². The van der Waals surface area contributed by atoms with Gasteiger partial charge in [-0.05, 0) is 24.3 Å². The van der Waals surface area contributed by atoms with E-state index in [9.17, 15) is 9.59 Å². The van der Waals surface area contributed by atoms with Gasteiger partial charge >= 0.3 is 0 Å². The summed E-state index contributed by atoms with van der Waals surface area (Å²) < 4.78 is 0. The predicted molar refractivity (Wildman–Crippen MR) is 81.2 cm³/mol. The lowest BCUT2D eigenvalue weighted by Gasteiger charge is -2.11. The number of nitrogens with one attached hydrogen (secondary N) is 2. The molecule has 0 aliphatic heterocycles. The van der Waals surface area contributed by atoms with Crippen LogP contribution >= 0.6 is 0 Å². The van der Waals surface area contributed by atoms with Crippen LogP contribution in [0.3, 0.4) is 0 Å². The van der Waals surface area contributed by atoms with Gasteiger partial charge in [-0.15, -0.1) is 0 Å². The van der Waals surface area contributed by atoms with Gasteiger partial charge in [0.15, 0.2) is 0 Å². The molecule has 0 atom stereocenters. The molecule has 6 N–H and O–H groups in total. The second-order valence-corrected chi connectivity index (χ2v) is 4.42. The Morgan fingerprint density at radius 2 is 1.90 bits per heavy atom. The fourth-order valence-electron chi connectivity index (χ4n) is 1.78. The van der Waals surface area contributed by atoms with Crippen LogP contribution in [0.5, 0.6) is 0 Å². The molecule has 0 saturated heterocycles. The first-order valence-corrected chi connectivity index (χ1v) is 6.15. The van der Waals surface area contributed by atoms with Crippen LogP contribution in [-0.2, 0) is 4.79 Å². The first-order chi connectivity index (χ1) is 9.95. The van der Waals surface area contributed by atoms with Crippen molar-refractivity contribution in [3.8, 4) is 0 Å². The van der Waals surface area contributed by atoms with E-state index in [1.54, 1.807) is 24.3 Å². The fourth-order valence-corrected chi connectivity index (χ4v) is 1.78. The van der Waals surface area contributed by atoms with Gasteiger partial charge in [0, 0.05) is 18.3 Å². The Hall–Kier alpha value is -3.09. The number of primary amides is 1. The van der Waals surface area contributed by atoms with Crippen molar-refractivity contribution in [3.63, 3.8) is 0 Å². The summed E-state index contributed by atoms with van der Waals surface area (Å²) in [7, 11) is 0. The van der Waals surface area contributed by atoms with E-state index in [-0.39, 0.29) is 11.5 Å². The minimum Gasteiger partial charge on any atom is -0.397 e. The Balaban J connectivity index is 2.30. The van der Waals surface area contributed by atoms with Gasteiger partial charge in [-0.3, -0.25) is 9.59 Å². The molecular formula is C14H15N5O2. The summed E-state index contributed by atoms with van der Waals surface area (Å²) in [6.07, 6.45) is 1.42. The lowest BCUT2D eigenvalue weighted by Crippen LogP contribution is -2.15. The molecule has 0 unspecified atom stereocenters. The first-order valence-electron chi connectivity index (χ1n) is 6.15. The van der Waals surface area contributed by atoms with E-state index in [0.717, 1.165) is 0 Å². The molecule has 1 heterocycles. The van der Waals surface area contributed by atoms with E-state index >= 15 is 0 Å². The maximum Gasteiger partial charge on any atom is 0.252 e. The summed E-state index contributed by atoms with van der Waals surface area (Å²) in [6.45, 7) is 1.42. The number of nitrogen functional groups attached to an aromatic ring is 1. The third-order valence-corrected chi connectivity index (χ3v) is 2.62. The fraction of sp³-hybridized carbons (Fsp3) is 0.0714. The Kier molecular flexibility index (Phi) is 4.03. The smallest absolute Gasteiger partial charge is 0.252 e. The summed E-state index contributed by atoms with van der Waals surface area (Å²) >= 11 is 0. The number of rotatable bonds is 4. The molecule has 2 amide bonds. The molecule has 1 aromatic heterocycles. The largest absolute Gasteiger partial charge is 0.397 e. The zero-order chi connectivity index (χ0) is 15.4. The highest BCUT2D eigenvalue weighted by atomic mass is 16.1. The number of nitrogens with two attached hydrogens (primary N) is 2. The average Bonchev–Trinajstić information content (AvgIpc) is 2.40. The number of carbonyl (C=O) groups is 2. The van der Waals surface area contributed by atoms with Crippen LogP contribution in [0.2, 0.25) is 0 Å². The maximum atomic E-state index is 11.4. The highest BCUT2D eigenvalue weighted by Crippen LogP contribution is 2.22. The molecule has 0 bridgehead atoms. The molecule has 21 heavy (non-hydrogen) atoms. The van der Waals surface area contributed by atoms with E-state index in [1.165, 1.54) is 19.2 Å². The van der Waals surface area contributed by atoms with Crippen LogP contribution < -0.4 is 22.1 Å². The Morgan fingerprint density at radius 3 is 2.57 bits per heavy atom. The third kappa shape index (κ3) is 3.69. The minimum absolute atomic E-state index is 0.171. The summed E-state index contributed by atoms with van der Waals surface area (Å²) in [4.78, 5) is 26.5. The number of benzene rings is 1. The number of hydrogen-bond donors (Lipinski definition) is 4. The zero-order valence-corrected chi connectivity index (χ0v) is 11.4. The number of hydrogen-bond acceptors (Lipinski definition) is 5. The molecule has 7 heteroatoms. The molecule has 0 aliphatic carbocycles. The van der Waals surface area contributed by atoms with Gasteiger partial charge < -0.3 is 22.1 Å². The van der Waals surface area contributed by atoms with Gasteiger partial charge in [-0.2, -0.15) is 0 Å². The molecule has 2 aromatic rings. The molecule has 0 saturated carbocycles. The van der Waals surface area contributed by atoms with Crippen molar-refractivity contribution in [3.05, 3.63) is 42.1 Å². The Morgan fingerprint density at radius 1 is 1.19 bits per heavy atom. The van der Waals surface area contributed by atoms with Crippen LogP contribution in [0.1, 0.15) is 17.3 Å². The van der Waals surface area contributed by atoms with E-state index in [2.05, 4.69) is 15.6 Å². The lowest BCUT2D eigenvalue weighted by atomic mass is 10.2. The number of anilines is 4. The van der Waals surface area contributed by atoms with Crippen LogP contribution in [0.25, 0.3) is 0 Å². The Labute approximate surface area is 121 Å². The summed E-state index contributed by atoms with van der Waals surface area (Å²) in [5.74, 6) is -0.498. The topological polar surface area (TPSA) is 123 Å². The van der Waals surface area contributed by atoms with Gasteiger partial charge in [-0.1, -0.05) is 6.07 Å². The van der Waals surface area contributed by atoms with Crippen molar-refractivity contribution in [2.75, 3.05) is 16.4 Å². The highest BCUT2D eigenvalue weighted by molar-refractivity contribution is 5.99. The molecule has 0 spiro atoms. The number of aromatic nitrogens is 1. The third-order valence-electron chi connectivity index (χ3n) is 2.62. The normalized spacial score (nSPS) is 9.95. The van der Waals surface area contributed by atoms with Crippen molar-refractivity contribution in [2.45, 2.75) is 6.92 Å². The number of pyridine rings is 1. The molecule has 0 radical (unpaired) electrons. The Bertz CT molecular complexity index is 700. The summed E-state index contributed by atoms with van der Waals surface area (Å²) in [5.41, 5.74) is 12.7. The first kappa shape index (κ1) is 14.3. The van der Waals surface area contributed by atoms with Gasteiger partial charge in [0.2, 0.25) is 5.91 Å². The zero-order valence-electron chi connectivity index (χ0n) is 11.4. The van der Waals surface area contributed by atoms with E-state index in [4.69, 9.17) is 11.5 Å². The standard InChI is InChI=1S/C14H15N5O2/c1-8(20)18-10-3-2-4-11(6-10)19-14-12(13(16)21)5-9(15)7-17-14/h2-7H,15H2,1H3,(H2,16,21)(H,17,19)(H,18,20). The van der Waals surface area contributed by atoms with Crippen molar-refractivity contribution < 1.29 is 9.59 Å². The summed E-state index contributed by atoms with van der Waals surface area (Å²) in [5, 5.41) is 5.64. The van der Waals surface area contributed by atoms with Crippen molar-refractivity contribution in [1.29, 1.82) is 0 Å². The molecule has 7 nitrogen and oxygen atoms in total. The van der Waals surface area contributed by atoms with Crippen LogP contribution in [0, 0.1) is 0 Å². The molecular weight excluding hydrogens is 270 g/mol. The minimum atomic E-state index is -0.629. The quantitative estimate of drug-likeness (QED) is 0.677. The van der Waals surface area contributed by atoms with E-state index in [1.807, 2.05) is 0 Å². The van der Waals surface area contributed by atoms with Gasteiger partial charge in [0.25, 0.3) is 5.91 Å². The number of nitrogens with zero attached hydrogens (tertiary/aromatic N) is 1. The van der Waals surface area contributed by atoms with Crippen molar-refractivity contribution in [1.82, 2.24) is 4.98 Å². The van der Waals surface area contributed by atoms with Gasteiger partial charge in [0.05, 0.1) is 17.4 Å². The summed E-state index contributed by atoms with van der Waals surface area (Å²) in [6, 6.07) is 8.44. The molecule has 0 fully saturated rings. The second-order valence-electron chi connectivity index (χ2n) is 4.42. The van der Waals surface area contributed by atoms with Crippen LogP contribution in [0.4, 0.5) is 22.9 Å². The molecule has 108 valence electrons.